The quantitative estimate of drug-likeness (QED) is 0.899. The summed E-state index contributed by atoms with van der Waals surface area (Å²) < 4.78 is 26.5. The zero-order chi connectivity index (χ0) is 13.1. The fourth-order valence-electron chi connectivity index (χ4n) is 1.36. The van der Waals surface area contributed by atoms with Crippen molar-refractivity contribution in [2.24, 2.45) is 5.41 Å². The minimum absolute atomic E-state index is 0.135. The molecule has 0 atom stereocenters. The van der Waals surface area contributed by atoms with Gasteiger partial charge >= 0.3 is 0 Å². The first kappa shape index (κ1) is 14.2. The van der Waals surface area contributed by atoms with Crippen LogP contribution in [0.1, 0.15) is 32.8 Å². The summed E-state index contributed by atoms with van der Waals surface area (Å²) in [6.07, 6.45) is 0.818. The van der Waals surface area contributed by atoms with Gasteiger partial charge in [-0.15, -0.1) is 0 Å². The molecule has 0 unspecified atom stereocenters. The Morgan fingerprint density at radius 2 is 1.65 bits per heavy atom. The Labute approximate surface area is 104 Å². The lowest BCUT2D eigenvalue weighted by Gasteiger charge is -2.18. The summed E-state index contributed by atoms with van der Waals surface area (Å²) in [5.74, 6) is 0. The van der Waals surface area contributed by atoms with Crippen LogP contribution in [-0.4, -0.2) is 15.0 Å². The first-order valence-electron chi connectivity index (χ1n) is 5.77. The highest BCUT2D eigenvalue weighted by Crippen LogP contribution is 2.18. The predicted molar refractivity (Wildman–Crippen MR) is 70.4 cm³/mol. The van der Waals surface area contributed by atoms with Crippen LogP contribution in [0.25, 0.3) is 0 Å². The van der Waals surface area contributed by atoms with Crippen molar-refractivity contribution in [3.05, 3.63) is 29.8 Å². The summed E-state index contributed by atoms with van der Waals surface area (Å²) in [6.45, 7) is 8.68. The topological polar surface area (TPSA) is 46.2 Å². The van der Waals surface area contributed by atoms with Gasteiger partial charge in [0.25, 0.3) is 0 Å². The average Bonchev–Trinajstić information content (AvgIpc) is 2.15. The van der Waals surface area contributed by atoms with Crippen molar-refractivity contribution in [3.63, 3.8) is 0 Å². The van der Waals surface area contributed by atoms with Gasteiger partial charge in [0, 0.05) is 6.54 Å². The molecule has 0 spiro atoms. The van der Waals surface area contributed by atoms with Crippen LogP contribution >= 0.6 is 0 Å². The van der Waals surface area contributed by atoms with Gasteiger partial charge in [-0.1, -0.05) is 38.5 Å². The van der Waals surface area contributed by atoms with E-state index in [0.717, 1.165) is 12.0 Å². The van der Waals surface area contributed by atoms with Gasteiger partial charge in [-0.3, -0.25) is 0 Å². The standard InChI is InChI=1S/C13H21NO2S/c1-11-5-7-12(8-6-11)17(15,16)14-10-9-13(2,3)4/h5-8,14H,9-10H2,1-4H3. The molecule has 0 radical (unpaired) electrons. The Bertz CT molecular complexity index is 455. The number of benzene rings is 1. The van der Waals surface area contributed by atoms with E-state index in [-0.39, 0.29) is 5.41 Å². The molecule has 0 saturated carbocycles. The van der Waals surface area contributed by atoms with E-state index in [9.17, 15) is 8.42 Å². The van der Waals surface area contributed by atoms with Crippen LogP contribution in [0.5, 0.6) is 0 Å². The second-order valence-corrected chi connectivity index (χ2v) is 7.29. The van der Waals surface area contributed by atoms with Crippen LogP contribution in [-0.2, 0) is 10.0 Å². The van der Waals surface area contributed by atoms with Gasteiger partial charge in [0.1, 0.15) is 0 Å². The zero-order valence-electron chi connectivity index (χ0n) is 10.9. The second kappa shape index (κ2) is 5.19. The highest BCUT2D eigenvalue weighted by molar-refractivity contribution is 7.89. The average molecular weight is 255 g/mol. The van der Waals surface area contributed by atoms with E-state index in [4.69, 9.17) is 0 Å². The Hall–Kier alpha value is -0.870. The van der Waals surface area contributed by atoms with E-state index in [0.29, 0.717) is 11.4 Å². The first-order valence-corrected chi connectivity index (χ1v) is 7.25. The van der Waals surface area contributed by atoms with Crippen molar-refractivity contribution in [1.29, 1.82) is 0 Å². The zero-order valence-corrected chi connectivity index (χ0v) is 11.8. The second-order valence-electron chi connectivity index (χ2n) is 5.52. The van der Waals surface area contributed by atoms with Gasteiger partial charge in [-0.05, 0) is 30.9 Å². The summed E-state index contributed by atoms with van der Waals surface area (Å²) >= 11 is 0. The van der Waals surface area contributed by atoms with Crippen LogP contribution in [0.2, 0.25) is 0 Å². The van der Waals surface area contributed by atoms with Gasteiger partial charge in [0.15, 0.2) is 0 Å². The van der Waals surface area contributed by atoms with Crippen LogP contribution in [0.3, 0.4) is 0 Å². The minimum atomic E-state index is -3.35. The fourth-order valence-corrected chi connectivity index (χ4v) is 2.39. The maximum atomic E-state index is 11.9. The molecule has 1 N–H and O–H groups in total. The van der Waals surface area contributed by atoms with Gasteiger partial charge in [0.05, 0.1) is 4.90 Å². The van der Waals surface area contributed by atoms with E-state index in [1.165, 1.54) is 0 Å². The number of hydrogen-bond donors (Lipinski definition) is 1. The van der Waals surface area contributed by atoms with Crippen molar-refractivity contribution in [2.75, 3.05) is 6.54 Å². The molecule has 0 fully saturated rings. The largest absolute Gasteiger partial charge is 0.240 e. The molecule has 0 aliphatic rings. The molecule has 4 heteroatoms. The smallest absolute Gasteiger partial charge is 0.211 e. The number of aryl methyl sites for hydroxylation is 1. The molecule has 0 aliphatic heterocycles. The molecule has 0 aliphatic carbocycles. The van der Waals surface area contributed by atoms with Gasteiger partial charge in [-0.25, -0.2) is 13.1 Å². The number of rotatable bonds is 4. The lowest BCUT2D eigenvalue weighted by atomic mass is 9.93. The van der Waals surface area contributed by atoms with E-state index in [1.54, 1.807) is 24.3 Å². The molecule has 0 saturated heterocycles. The third-order valence-corrected chi connectivity index (χ3v) is 3.98. The predicted octanol–water partition coefficient (Wildman–Crippen LogP) is 2.71. The number of sulfonamides is 1. The molecule has 0 bridgehead atoms. The number of hydrogen-bond acceptors (Lipinski definition) is 2. The Morgan fingerprint density at radius 1 is 1.12 bits per heavy atom. The SMILES string of the molecule is Cc1ccc(S(=O)(=O)NCCC(C)(C)C)cc1. The maximum absolute atomic E-state index is 11.9. The molecule has 1 aromatic rings. The van der Waals surface area contributed by atoms with E-state index in [1.807, 2.05) is 6.92 Å². The van der Waals surface area contributed by atoms with Crippen molar-refractivity contribution in [1.82, 2.24) is 4.72 Å². The number of nitrogens with one attached hydrogen (secondary N) is 1. The maximum Gasteiger partial charge on any atom is 0.240 e. The molecular weight excluding hydrogens is 234 g/mol. The van der Waals surface area contributed by atoms with Crippen LogP contribution < -0.4 is 4.72 Å². The van der Waals surface area contributed by atoms with Gasteiger partial charge in [-0.2, -0.15) is 0 Å². The monoisotopic (exact) mass is 255 g/mol. The summed E-state index contributed by atoms with van der Waals surface area (Å²) in [6, 6.07) is 6.88. The summed E-state index contributed by atoms with van der Waals surface area (Å²) in [4.78, 5) is 0.331. The third kappa shape index (κ3) is 4.88. The molecule has 1 rings (SSSR count). The highest BCUT2D eigenvalue weighted by Gasteiger charge is 2.15. The Balaban J connectivity index is 2.66. The summed E-state index contributed by atoms with van der Waals surface area (Å²) in [5, 5.41) is 0. The first-order chi connectivity index (χ1) is 7.71. The van der Waals surface area contributed by atoms with E-state index < -0.39 is 10.0 Å². The lowest BCUT2D eigenvalue weighted by molar-refractivity contribution is 0.378. The minimum Gasteiger partial charge on any atom is -0.211 e. The Kier molecular flexibility index (Phi) is 4.33. The summed E-state index contributed by atoms with van der Waals surface area (Å²) in [7, 11) is -3.35. The van der Waals surface area contributed by atoms with Crippen LogP contribution in [0.4, 0.5) is 0 Å². The molecule has 0 amide bonds. The molecule has 3 nitrogen and oxygen atoms in total. The van der Waals surface area contributed by atoms with Crippen LogP contribution in [0, 0.1) is 12.3 Å². The highest BCUT2D eigenvalue weighted by atomic mass is 32.2. The lowest BCUT2D eigenvalue weighted by Crippen LogP contribution is -2.27. The molecule has 17 heavy (non-hydrogen) atoms. The van der Waals surface area contributed by atoms with Gasteiger partial charge in [0.2, 0.25) is 10.0 Å². The Morgan fingerprint density at radius 3 is 2.12 bits per heavy atom. The van der Waals surface area contributed by atoms with Crippen molar-refractivity contribution in [2.45, 2.75) is 39.0 Å². The van der Waals surface area contributed by atoms with Gasteiger partial charge < -0.3 is 0 Å². The van der Waals surface area contributed by atoms with Crippen LogP contribution in [0.15, 0.2) is 29.2 Å². The fraction of sp³-hybridized carbons (Fsp3) is 0.538. The normalized spacial score (nSPS) is 12.7. The third-order valence-electron chi connectivity index (χ3n) is 2.50. The summed E-state index contributed by atoms with van der Waals surface area (Å²) in [5.41, 5.74) is 1.19. The molecule has 1 aromatic carbocycles. The van der Waals surface area contributed by atoms with Crippen molar-refractivity contribution in [3.8, 4) is 0 Å². The van der Waals surface area contributed by atoms with E-state index >= 15 is 0 Å². The van der Waals surface area contributed by atoms with Crippen molar-refractivity contribution < 1.29 is 8.42 Å². The van der Waals surface area contributed by atoms with E-state index in [2.05, 4.69) is 25.5 Å². The molecule has 96 valence electrons. The molecular formula is C13H21NO2S. The van der Waals surface area contributed by atoms with Crippen molar-refractivity contribution >= 4 is 10.0 Å². The molecule has 0 heterocycles. The molecule has 0 aromatic heterocycles.